The molecule has 3 heterocycles. The van der Waals surface area contributed by atoms with E-state index in [2.05, 4.69) is 44.0 Å². The predicted molar refractivity (Wildman–Crippen MR) is 78.6 cm³/mol. The van der Waals surface area contributed by atoms with Gasteiger partial charge in [0.25, 0.3) is 0 Å². The molecule has 0 amide bonds. The molecule has 1 N–H and O–H groups in total. The first kappa shape index (κ1) is 14.0. The Kier molecular flexibility index (Phi) is 4.33. The molecule has 1 atom stereocenters. The molecule has 112 valence electrons. The zero-order valence-corrected chi connectivity index (χ0v) is 12.7. The highest BCUT2D eigenvalue weighted by Gasteiger charge is 2.22. The van der Waals surface area contributed by atoms with Crippen LogP contribution in [0.25, 0.3) is 0 Å². The zero-order chi connectivity index (χ0) is 13.9. The summed E-state index contributed by atoms with van der Waals surface area (Å²) in [6, 6.07) is 0.595. The van der Waals surface area contributed by atoms with Crippen molar-refractivity contribution >= 4 is 0 Å². The number of piperazine rings is 1. The molecule has 1 aromatic rings. The highest BCUT2D eigenvalue weighted by Crippen LogP contribution is 2.14. The largest absolute Gasteiger partial charge is 0.314 e. The number of aryl methyl sites for hydroxylation is 1. The minimum Gasteiger partial charge on any atom is -0.314 e. The Hall–Kier alpha value is -0.980. The van der Waals surface area contributed by atoms with Crippen molar-refractivity contribution in [1.29, 1.82) is 0 Å². The van der Waals surface area contributed by atoms with Crippen LogP contribution in [0.4, 0.5) is 0 Å². The second-order valence-corrected chi connectivity index (χ2v) is 6.17. The minimum absolute atomic E-state index is 0.595. The van der Waals surface area contributed by atoms with Crippen LogP contribution >= 0.6 is 0 Å². The van der Waals surface area contributed by atoms with Gasteiger partial charge >= 0.3 is 0 Å². The van der Waals surface area contributed by atoms with E-state index < -0.39 is 0 Å². The molecule has 1 aromatic heterocycles. The molecule has 6 heteroatoms. The monoisotopic (exact) mass is 278 g/mol. The van der Waals surface area contributed by atoms with Crippen molar-refractivity contribution in [2.24, 2.45) is 0 Å². The molecule has 6 nitrogen and oxygen atoms in total. The Morgan fingerprint density at radius 1 is 1.15 bits per heavy atom. The van der Waals surface area contributed by atoms with Gasteiger partial charge in [-0.05, 0) is 26.9 Å². The molecule has 3 rings (SSSR count). The fraction of sp³-hybridized carbons (Fsp3) is 0.857. The SMILES string of the molecule is CN1CCN(C)C(CNCc2nnc3n2CCCC3)C1. The number of fused-ring (bicyclic) bond motifs is 1. The normalized spacial score (nSPS) is 24.8. The van der Waals surface area contributed by atoms with Crippen LogP contribution in [0.1, 0.15) is 24.5 Å². The third kappa shape index (κ3) is 3.02. The number of nitrogens with zero attached hydrogens (tertiary/aromatic N) is 5. The van der Waals surface area contributed by atoms with Crippen molar-refractivity contribution < 1.29 is 0 Å². The number of likely N-dealkylation sites (N-methyl/N-ethyl adjacent to an activating group) is 2. The van der Waals surface area contributed by atoms with Gasteiger partial charge in [0.05, 0.1) is 6.54 Å². The molecule has 1 saturated heterocycles. The van der Waals surface area contributed by atoms with Gasteiger partial charge in [-0.15, -0.1) is 10.2 Å². The number of hydrogen-bond acceptors (Lipinski definition) is 5. The minimum atomic E-state index is 0.595. The fourth-order valence-electron chi connectivity index (χ4n) is 3.17. The summed E-state index contributed by atoms with van der Waals surface area (Å²) in [6.07, 6.45) is 3.60. The van der Waals surface area contributed by atoms with E-state index in [-0.39, 0.29) is 0 Å². The molecule has 0 aromatic carbocycles. The molecule has 20 heavy (non-hydrogen) atoms. The highest BCUT2D eigenvalue weighted by atomic mass is 15.3. The van der Waals surface area contributed by atoms with E-state index in [9.17, 15) is 0 Å². The van der Waals surface area contributed by atoms with E-state index in [0.29, 0.717) is 6.04 Å². The third-order valence-electron chi connectivity index (χ3n) is 4.58. The zero-order valence-electron chi connectivity index (χ0n) is 12.7. The second kappa shape index (κ2) is 6.20. The van der Waals surface area contributed by atoms with Crippen LogP contribution in [-0.4, -0.2) is 70.9 Å². The Labute approximate surface area is 121 Å². The van der Waals surface area contributed by atoms with Crippen LogP contribution < -0.4 is 5.32 Å². The van der Waals surface area contributed by atoms with E-state index >= 15 is 0 Å². The van der Waals surface area contributed by atoms with E-state index in [0.717, 1.165) is 45.0 Å². The average Bonchev–Trinajstić information content (AvgIpc) is 2.86. The van der Waals surface area contributed by atoms with Crippen molar-refractivity contribution in [3.8, 4) is 0 Å². The van der Waals surface area contributed by atoms with Gasteiger partial charge in [0, 0.05) is 45.2 Å². The Morgan fingerprint density at radius 2 is 2.05 bits per heavy atom. The Morgan fingerprint density at radius 3 is 2.95 bits per heavy atom. The van der Waals surface area contributed by atoms with Gasteiger partial charge < -0.3 is 14.8 Å². The van der Waals surface area contributed by atoms with Crippen molar-refractivity contribution in [2.45, 2.75) is 38.4 Å². The molecule has 2 aliphatic rings. The molecular formula is C14H26N6. The molecule has 1 unspecified atom stereocenters. The fourth-order valence-corrected chi connectivity index (χ4v) is 3.17. The van der Waals surface area contributed by atoms with Crippen LogP contribution in [0.15, 0.2) is 0 Å². The smallest absolute Gasteiger partial charge is 0.147 e. The van der Waals surface area contributed by atoms with Crippen LogP contribution in [0, 0.1) is 0 Å². The lowest BCUT2D eigenvalue weighted by molar-refractivity contribution is 0.113. The van der Waals surface area contributed by atoms with Gasteiger partial charge in [0.1, 0.15) is 11.6 Å². The predicted octanol–water partition coefficient (Wildman–Crippen LogP) is -0.0502. The van der Waals surface area contributed by atoms with E-state index in [4.69, 9.17) is 0 Å². The highest BCUT2D eigenvalue weighted by molar-refractivity contribution is 4.98. The molecular weight excluding hydrogens is 252 g/mol. The number of rotatable bonds is 4. The van der Waals surface area contributed by atoms with Crippen LogP contribution in [0.2, 0.25) is 0 Å². The molecule has 1 fully saturated rings. The van der Waals surface area contributed by atoms with Gasteiger partial charge in [-0.25, -0.2) is 0 Å². The average molecular weight is 278 g/mol. The van der Waals surface area contributed by atoms with Gasteiger partial charge in [-0.2, -0.15) is 0 Å². The standard InChI is InChI=1S/C14H26N6/c1-18-7-8-19(2)12(11-18)9-15-10-14-17-16-13-5-3-4-6-20(13)14/h12,15H,3-11H2,1-2H3. The summed E-state index contributed by atoms with van der Waals surface area (Å²) in [7, 11) is 4.42. The number of nitrogens with one attached hydrogen (secondary N) is 1. The number of aromatic nitrogens is 3. The maximum atomic E-state index is 4.34. The summed E-state index contributed by atoms with van der Waals surface area (Å²) < 4.78 is 2.30. The topological polar surface area (TPSA) is 49.2 Å². The lowest BCUT2D eigenvalue weighted by Gasteiger charge is -2.37. The van der Waals surface area contributed by atoms with Crippen LogP contribution in [-0.2, 0) is 19.5 Å². The van der Waals surface area contributed by atoms with E-state index in [1.807, 2.05) is 0 Å². The second-order valence-electron chi connectivity index (χ2n) is 6.17. The number of hydrogen-bond donors (Lipinski definition) is 1. The Balaban J connectivity index is 1.51. The summed E-state index contributed by atoms with van der Waals surface area (Å²) in [5.74, 6) is 2.27. The molecule has 0 saturated carbocycles. The maximum absolute atomic E-state index is 4.34. The third-order valence-corrected chi connectivity index (χ3v) is 4.58. The molecule has 0 aliphatic carbocycles. The van der Waals surface area contributed by atoms with E-state index in [1.54, 1.807) is 0 Å². The van der Waals surface area contributed by atoms with Crippen molar-refractivity contribution in [3.63, 3.8) is 0 Å². The summed E-state index contributed by atoms with van der Waals surface area (Å²) in [5.41, 5.74) is 0. The Bertz CT molecular complexity index is 443. The quantitative estimate of drug-likeness (QED) is 0.837. The van der Waals surface area contributed by atoms with Crippen molar-refractivity contribution in [1.82, 2.24) is 29.9 Å². The lowest BCUT2D eigenvalue weighted by atomic mass is 10.1. The molecule has 0 radical (unpaired) electrons. The van der Waals surface area contributed by atoms with Crippen LogP contribution in [0.3, 0.4) is 0 Å². The summed E-state index contributed by atoms with van der Waals surface area (Å²) >= 11 is 0. The van der Waals surface area contributed by atoms with E-state index in [1.165, 1.54) is 25.2 Å². The maximum Gasteiger partial charge on any atom is 0.147 e. The van der Waals surface area contributed by atoms with Gasteiger partial charge in [-0.1, -0.05) is 0 Å². The van der Waals surface area contributed by atoms with Gasteiger partial charge in [0.15, 0.2) is 0 Å². The molecule has 0 bridgehead atoms. The lowest BCUT2D eigenvalue weighted by Crippen LogP contribution is -2.53. The summed E-state index contributed by atoms with van der Waals surface area (Å²) in [4.78, 5) is 4.86. The summed E-state index contributed by atoms with van der Waals surface area (Å²) in [5, 5.41) is 12.2. The van der Waals surface area contributed by atoms with Crippen molar-refractivity contribution in [3.05, 3.63) is 11.6 Å². The van der Waals surface area contributed by atoms with Crippen LogP contribution in [0.5, 0.6) is 0 Å². The molecule has 2 aliphatic heterocycles. The first-order valence-corrected chi connectivity index (χ1v) is 7.74. The van der Waals surface area contributed by atoms with Crippen molar-refractivity contribution in [2.75, 3.05) is 40.3 Å². The van der Waals surface area contributed by atoms with Gasteiger partial charge in [0.2, 0.25) is 0 Å². The summed E-state index contributed by atoms with van der Waals surface area (Å²) in [6.45, 7) is 6.41. The molecule has 0 spiro atoms. The van der Waals surface area contributed by atoms with Gasteiger partial charge in [-0.3, -0.25) is 4.90 Å². The first-order valence-electron chi connectivity index (χ1n) is 7.74. The first-order chi connectivity index (χ1) is 9.74.